The summed E-state index contributed by atoms with van der Waals surface area (Å²) in [5.41, 5.74) is 3.50. The topological polar surface area (TPSA) is 175 Å². The van der Waals surface area contributed by atoms with Crippen molar-refractivity contribution in [2.75, 3.05) is 0 Å². The van der Waals surface area contributed by atoms with E-state index in [1.54, 1.807) is 38.1 Å². The number of carboxylic acid groups (broad SMARTS) is 2. The van der Waals surface area contributed by atoms with Crippen LogP contribution in [0.4, 0.5) is 11.4 Å². The Balaban J connectivity index is 0.000000224. The fourth-order valence-electron chi connectivity index (χ4n) is 4.75. The first-order valence-electron chi connectivity index (χ1n) is 14.8. The molecule has 261 valence electrons. The fraction of sp³-hybridized carbons (Fsp3) is 0.0556. The Morgan fingerprint density at radius 1 is 0.608 bits per heavy atom. The number of halogens is 2. The van der Waals surface area contributed by atoms with Crippen molar-refractivity contribution in [2.24, 2.45) is 9.98 Å². The summed E-state index contributed by atoms with van der Waals surface area (Å²) in [5.74, 6) is -2.43. The number of rotatable bonds is 8. The minimum atomic E-state index is -1.13. The van der Waals surface area contributed by atoms with E-state index >= 15 is 0 Å². The molecule has 6 rings (SSSR count). The molecule has 51 heavy (non-hydrogen) atoms. The SMILES string of the molecule is Cc1nn(-c2ccccc2)c(O)c1C=Nc1c(Cl)cccc1C(=O)O.Cc1nn(-c2ccccc2)c(O)c1C=Nc1c(Cl)cccc1C(=O)O.[Co]. The van der Waals surface area contributed by atoms with E-state index < -0.39 is 11.9 Å². The van der Waals surface area contributed by atoms with E-state index in [-0.39, 0.29) is 61.1 Å². The third-order valence-corrected chi connectivity index (χ3v) is 7.85. The van der Waals surface area contributed by atoms with Gasteiger partial charge >= 0.3 is 11.9 Å². The Bertz CT molecular complexity index is 2100. The second-order valence-electron chi connectivity index (χ2n) is 10.5. The Labute approximate surface area is 311 Å². The Hall–Kier alpha value is -5.73. The molecule has 0 fully saturated rings. The van der Waals surface area contributed by atoms with Crippen molar-refractivity contribution in [3.63, 3.8) is 0 Å². The zero-order valence-corrected chi connectivity index (χ0v) is 29.3. The van der Waals surface area contributed by atoms with Crippen LogP contribution in [0, 0.1) is 13.8 Å². The zero-order chi connectivity index (χ0) is 35.9. The van der Waals surface area contributed by atoms with Gasteiger partial charge < -0.3 is 20.4 Å². The van der Waals surface area contributed by atoms with E-state index in [1.807, 2.05) is 60.7 Å². The van der Waals surface area contributed by atoms with Crippen LogP contribution in [0.5, 0.6) is 11.8 Å². The van der Waals surface area contributed by atoms with Crippen molar-refractivity contribution >= 4 is 58.9 Å². The van der Waals surface area contributed by atoms with Gasteiger partial charge in [0.05, 0.1) is 66.4 Å². The Morgan fingerprint density at radius 3 is 1.29 bits per heavy atom. The molecule has 0 aliphatic carbocycles. The zero-order valence-electron chi connectivity index (χ0n) is 26.8. The number of hydrogen-bond acceptors (Lipinski definition) is 8. The molecular formula is C36H28Cl2CoN6O6. The number of para-hydroxylation sites is 4. The van der Waals surface area contributed by atoms with E-state index in [9.17, 15) is 30.0 Å². The van der Waals surface area contributed by atoms with Gasteiger partial charge in [-0.25, -0.2) is 19.0 Å². The summed E-state index contributed by atoms with van der Waals surface area (Å²) in [5, 5.41) is 48.4. The van der Waals surface area contributed by atoms with Crippen LogP contribution in [0.3, 0.4) is 0 Å². The minimum absolute atomic E-state index is 0. The molecule has 0 unspecified atom stereocenters. The molecule has 0 bridgehead atoms. The number of nitrogens with zero attached hydrogens (tertiary/aromatic N) is 6. The predicted molar refractivity (Wildman–Crippen MR) is 191 cm³/mol. The first-order valence-corrected chi connectivity index (χ1v) is 15.5. The third-order valence-electron chi connectivity index (χ3n) is 7.24. The van der Waals surface area contributed by atoms with Crippen LogP contribution >= 0.6 is 23.2 Å². The molecule has 0 saturated heterocycles. The fourth-order valence-corrected chi connectivity index (χ4v) is 5.20. The summed E-state index contributed by atoms with van der Waals surface area (Å²) in [6.45, 7) is 3.45. The summed E-state index contributed by atoms with van der Waals surface area (Å²) >= 11 is 12.1. The molecule has 1 radical (unpaired) electrons. The number of aliphatic imine (C=N–C) groups is 2. The van der Waals surface area contributed by atoms with Gasteiger partial charge in [0.2, 0.25) is 11.8 Å². The molecule has 0 saturated carbocycles. The summed E-state index contributed by atoms with van der Waals surface area (Å²) in [7, 11) is 0. The smallest absolute Gasteiger partial charge is 0.337 e. The van der Waals surface area contributed by atoms with E-state index in [2.05, 4.69) is 20.2 Å². The maximum atomic E-state index is 11.3. The summed E-state index contributed by atoms with van der Waals surface area (Å²) in [4.78, 5) is 31.0. The average Bonchev–Trinajstić information content (AvgIpc) is 3.56. The van der Waals surface area contributed by atoms with Crippen LogP contribution in [0.15, 0.2) is 107 Å². The van der Waals surface area contributed by atoms with Gasteiger partial charge in [-0.2, -0.15) is 10.2 Å². The van der Waals surface area contributed by atoms with E-state index in [0.29, 0.717) is 33.9 Å². The van der Waals surface area contributed by atoms with Gasteiger partial charge in [-0.05, 0) is 62.4 Å². The van der Waals surface area contributed by atoms with Gasteiger partial charge in [0.1, 0.15) is 0 Å². The number of aryl methyl sites for hydroxylation is 2. The van der Waals surface area contributed by atoms with E-state index in [0.717, 1.165) is 0 Å². The average molecular weight is 770 g/mol. The number of aromatic hydroxyl groups is 2. The van der Waals surface area contributed by atoms with E-state index in [4.69, 9.17) is 23.2 Å². The molecule has 0 aliphatic rings. The van der Waals surface area contributed by atoms with Gasteiger partial charge in [0.15, 0.2) is 0 Å². The molecule has 0 aliphatic heterocycles. The standard InChI is InChI=1S/2C18H14ClN3O3.Co/c2*1-11-14(17(23)22(21-11)12-6-3-2-4-7-12)10-20-16-13(18(24)25)8-5-9-15(16)19;/h2*2-10,23H,1H3,(H,24,25);. The van der Waals surface area contributed by atoms with Crippen molar-refractivity contribution in [1.29, 1.82) is 0 Å². The number of carboxylic acids is 2. The Morgan fingerprint density at radius 2 is 0.961 bits per heavy atom. The third kappa shape index (κ3) is 8.53. The molecular weight excluding hydrogens is 742 g/mol. The summed E-state index contributed by atoms with van der Waals surface area (Å²) in [6, 6.07) is 27.3. The molecule has 4 N–H and O–H groups in total. The van der Waals surface area contributed by atoms with Crippen LogP contribution in [0.25, 0.3) is 11.4 Å². The first kappa shape index (κ1) is 38.1. The van der Waals surface area contributed by atoms with Crippen LogP contribution in [0.1, 0.15) is 43.2 Å². The molecule has 0 atom stereocenters. The van der Waals surface area contributed by atoms with E-state index in [1.165, 1.54) is 33.9 Å². The molecule has 0 spiro atoms. The van der Waals surface area contributed by atoms with Crippen LogP contribution in [0.2, 0.25) is 10.0 Å². The van der Waals surface area contributed by atoms with Crippen LogP contribution < -0.4 is 0 Å². The summed E-state index contributed by atoms with van der Waals surface area (Å²) < 4.78 is 2.78. The Kier molecular flexibility index (Phi) is 12.5. The van der Waals surface area contributed by atoms with Crippen molar-refractivity contribution in [3.05, 3.63) is 141 Å². The van der Waals surface area contributed by atoms with Gasteiger partial charge in [-0.3, -0.25) is 9.98 Å². The number of carbonyl (C=O) groups is 2. The maximum absolute atomic E-state index is 11.3. The minimum Gasteiger partial charge on any atom is -0.493 e. The monoisotopic (exact) mass is 769 g/mol. The molecule has 0 amide bonds. The number of hydrogen-bond donors (Lipinski definition) is 4. The van der Waals surface area contributed by atoms with Crippen molar-refractivity contribution < 1.29 is 46.8 Å². The second kappa shape index (κ2) is 16.8. The number of aromatic carboxylic acids is 2. The van der Waals surface area contributed by atoms with Crippen molar-refractivity contribution in [3.8, 4) is 23.1 Å². The van der Waals surface area contributed by atoms with Gasteiger partial charge in [-0.15, -0.1) is 0 Å². The predicted octanol–water partition coefficient (Wildman–Crippen LogP) is 7.97. The number of benzene rings is 4. The maximum Gasteiger partial charge on any atom is 0.337 e. The molecule has 12 nitrogen and oxygen atoms in total. The summed E-state index contributed by atoms with van der Waals surface area (Å²) in [6.07, 6.45) is 2.73. The number of aromatic nitrogens is 4. The van der Waals surface area contributed by atoms with Gasteiger partial charge in [-0.1, -0.05) is 71.7 Å². The normalized spacial score (nSPS) is 10.9. The van der Waals surface area contributed by atoms with Crippen molar-refractivity contribution in [2.45, 2.75) is 13.8 Å². The molecule has 6 aromatic rings. The quantitative estimate of drug-likeness (QED) is 0.113. The largest absolute Gasteiger partial charge is 0.493 e. The molecule has 15 heteroatoms. The van der Waals surface area contributed by atoms with Crippen molar-refractivity contribution in [1.82, 2.24) is 19.6 Å². The molecule has 2 heterocycles. The molecule has 2 aromatic heterocycles. The van der Waals surface area contributed by atoms with Gasteiger partial charge in [0.25, 0.3) is 0 Å². The molecule has 4 aromatic carbocycles. The second-order valence-corrected chi connectivity index (χ2v) is 11.4. The van der Waals surface area contributed by atoms with Crippen LogP contribution in [-0.4, -0.2) is 64.4 Å². The van der Waals surface area contributed by atoms with Crippen LogP contribution in [-0.2, 0) is 16.8 Å². The first-order chi connectivity index (χ1) is 24.0. The van der Waals surface area contributed by atoms with Gasteiger partial charge in [0, 0.05) is 29.2 Å².